The molecule has 0 saturated heterocycles. The molecule has 0 aliphatic carbocycles. The number of rotatable bonds is 4. The first-order valence-corrected chi connectivity index (χ1v) is 9.01. The summed E-state index contributed by atoms with van der Waals surface area (Å²) in [7, 11) is 1.69. The largest absolute Gasteiger partial charge is 0.293 e. The van der Waals surface area contributed by atoms with Gasteiger partial charge in [-0.1, -0.05) is 35.5 Å². The van der Waals surface area contributed by atoms with Crippen LogP contribution in [-0.2, 0) is 7.05 Å². The molecule has 0 radical (unpaired) electrons. The van der Waals surface area contributed by atoms with Crippen molar-refractivity contribution in [2.24, 2.45) is 7.05 Å². The lowest BCUT2D eigenvalue weighted by atomic mass is 10.0. The molecule has 0 aliphatic heterocycles. The SMILES string of the molecule is Cc1ccc(C(=O)CSc2nc3ccsc3c(=O)n2C)c(C)c1. The number of hydrogen-bond donors (Lipinski definition) is 0. The molecule has 0 atom stereocenters. The number of aryl methyl sites for hydroxylation is 2. The Morgan fingerprint density at radius 1 is 1.30 bits per heavy atom. The highest BCUT2D eigenvalue weighted by Crippen LogP contribution is 2.21. The second-order valence-electron chi connectivity index (χ2n) is 5.42. The van der Waals surface area contributed by atoms with E-state index in [1.807, 2.05) is 43.5 Å². The lowest BCUT2D eigenvalue weighted by Crippen LogP contribution is -2.19. The van der Waals surface area contributed by atoms with E-state index in [4.69, 9.17) is 0 Å². The average molecular weight is 344 g/mol. The highest BCUT2D eigenvalue weighted by Gasteiger charge is 2.14. The number of thioether (sulfide) groups is 1. The van der Waals surface area contributed by atoms with E-state index in [9.17, 15) is 9.59 Å². The Balaban J connectivity index is 1.84. The molecule has 0 saturated carbocycles. The van der Waals surface area contributed by atoms with Crippen LogP contribution >= 0.6 is 23.1 Å². The van der Waals surface area contributed by atoms with E-state index < -0.39 is 0 Å². The number of ketones is 1. The number of nitrogens with zero attached hydrogens (tertiary/aromatic N) is 2. The van der Waals surface area contributed by atoms with Crippen molar-refractivity contribution in [2.75, 3.05) is 5.75 Å². The van der Waals surface area contributed by atoms with Crippen LogP contribution < -0.4 is 5.56 Å². The molecule has 0 bridgehead atoms. The van der Waals surface area contributed by atoms with Crippen LogP contribution in [-0.4, -0.2) is 21.1 Å². The van der Waals surface area contributed by atoms with Crippen LogP contribution in [0.5, 0.6) is 0 Å². The van der Waals surface area contributed by atoms with Crippen molar-refractivity contribution >= 4 is 39.1 Å². The van der Waals surface area contributed by atoms with E-state index in [1.54, 1.807) is 7.05 Å². The van der Waals surface area contributed by atoms with Gasteiger partial charge in [0, 0.05) is 12.6 Å². The Morgan fingerprint density at radius 2 is 2.09 bits per heavy atom. The van der Waals surface area contributed by atoms with Gasteiger partial charge in [-0.05, 0) is 30.9 Å². The van der Waals surface area contributed by atoms with Crippen molar-refractivity contribution in [1.29, 1.82) is 0 Å². The molecule has 4 nitrogen and oxygen atoms in total. The van der Waals surface area contributed by atoms with Crippen LogP contribution in [0.2, 0.25) is 0 Å². The van der Waals surface area contributed by atoms with Crippen molar-refractivity contribution < 1.29 is 4.79 Å². The topological polar surface area (TPSA) is 52.0 Å². The van der Waals surface area contributed by atoms with Crippen LogP contribution in [0.25, 0.3) is 10.2 Å². The molecule has 3 rings (SSSR count). The predicted molar refractivity (Wildman–Crippen MR) is 95.8 cm³/mol. The molecule has 2 heterocycles. The number of benzene rings is 1. The lowest BCUT2D eigenvalue weighted by Gasteiger charge is -2.08. The minimum absolute atomic E-state index is 0.0483. The fourth-order valence-electron chi connectivity index (χ4n) is 2.43. The van der Waals surface area contributed by atoms with E-state index in [1.165, 1.54) is 27.7 Å². The van der Waals surface area contributed by atoms with Gasteiger partial charge < -0.3 is 0 Å². The molecule has 0 spiro atoms. The smallest absolute Gasteiger partial charge is 0.271 e. The summed E-state index contributed by atoms with van der Waals surface area (Å²) in [5, 5.41) is 2.42. The van der Waals surface area contributed by atoms with E-state index in [0.717, 1.165) is 16.7 Å². The molecule has 6 heteroatoms. The number of carbonyl (C=O) groups is 1. The number of thiophene rings is 1. The van der Waals surface area contributed by atoms with Gasteiger partial charge in [0.1, 0.15) is 4.70 Å². The molecular weight excluding hydrogens is 328 g/mol. The third-order valence-electron chi connectivity index (χ3n) is 3.66. The predicted octanol–water partition coefficient (Wildman–Crippen LogP) is 3.59. The van der Waals surface area contributed by atoms with E-state index in [0.29, 0.717) is 15.4 Å². The van der Waals surface area contributed by atoms with Gasteiger partial charge in [-0.2, -0.15) is 0 Å². The van der Waals surface area contributed by atoms with Gasteiger partial charge in [-0.25, -0.2) is 4.98 Å². The normalized spacial score (nSPS) is 11.1. The maximum Gasteiger partial charge on any atom is 0.271 e. The highest BCUT2D eigenvalue weighted by atomic mass is 32.2. The Morgan fingerprint density at radius 3 is 2.83 bits per heavy atom. The van der Waals surface area contributed by atoms with Crippen LogP contribution in [0.3, 0.4) is 0 Å². The van der Waals surface area contributed by atoms with Gasteiger partial charge in [-0.15, -0.1) is 11.3 Å². The van der Waals surface area contributed by atoms with Gasteiger partial charge in [-0.3, -0.25) is 14.2 Å². The highest BCUT2D eigenvalue weighted by molar-refractivity contribution is 7.99. The zero-order valence-electron chi connectivity index (χ0n) is 13.1. The fraction of sp³-hybridized carbons (Fsp3) is 0.235. The molecule has 0 amide bonds. The van der Waals surface area contributed by atoms with Crippen LogP contribution in [0.4, 0.5) is 0 Å². The summed E-state index contributed by atoms with van der Waals surface area (Å²) < 4.78 is 2.16. The van der Waals surface area contributed by atoms with E-state index >= 15 is 0 Å². The van der Waals surface area contributed by atoms with Crippen LogP contribution in [0.15, 0.2) is 39.6 Å². The van der Waals surface area contributed by atoms with Crippen LogP contribution in [0.1, 0.15) is 21.5 Å². The average Bonchev–Trinajstić information content (AvgIpc) is 2.97. The number of Topliss-reactive ketones (excluding diaryl/α,β-unsaturated/α-hetero) is 1. The van der Waals surface area contributed by atoms with E-state index in [2.05, 4.69) is 4.98 Å². The maximum atomic E-state index is 12.4. The second kappa shape index (κ2) is 6.29. The zero-order valence-corrected chi connectivity index (χ0v) is 14.8. The summed E-state index contributed by atoms with van der Waals surface area (Å²) in [6.07, 6.45) is 0. The van der Waals surface area contributed by atoms with Crippen molar-refractivity contribution in [3.8, 4) is 0 Å². The van der Waals surface area contributed by atoms with Gasteiger partial charge in [0.05, 0.1) is 11.3 Å². The molecular formula is C17H16N2O2S2. The molecule has 1 aromatic carbocycles. The molecule has 0 N–H and O–H groups in total. The van der Waals surface area contributed by atoms with Gasteiger partial charge in [0.2, 0.25) is 0 Å². The molecule has 23 heavy (non-hydrogen) atoms. The summed E-state index contributed by atoms with van der Waals surface area (Å²) in [5.41, 5.74) is 3.47. The first-order valence-electron chi connectivity index (χ1n) is 7.15. The van der Waals surface area contributed by atoms with Gasteiger partial charge in [0.25, 0.3) is 5.56 Å². The summed E-state index contributed by atoms with van der Waals surface area (Å²) in [5.74, 6) is 0.312. The summed E-state index contributed by atoms with van der Waals surface area (Å²) in [6.45, 7) is 3.95. The Kier molecular flexibility index (Phi) is 4.37. The molecule has 118 valence electrons. The fourth-order valence-corrected chi connectivity index (χ4v) is 4.09. The quantitative estimate of drug-likeness (QED) is 0.412. The van der Waals surface area contributed by atoms with Gasteiger partial charge >= 0.3 is 0 Å². The maximum absolute atomic E-state index is 12.4. The monoisotopic (exact) mass is 344 g/mol. The van der Waals surface area contributed by atoms with Crippen molar-refractivity contribution in [1.82, 2.24) is 9.55 Å². The number of hydrogen-bond acceptors (Lipinski definition) is 5. The molecule has 3 aromatic rings. The summed E-state index contributed by atoms with van der Waals surface area (Å²) in [4.78, 5) is 29.2. The second-order valence-corrected chi connectivity index (χ2v) is 7.28. The summed E-state index contributed by atoms with van der Waals surface area (Å²) >= 11 is 2.69. The summed E-state index contributed by atoms with van der Waals surface area (Å²) in [6, 6.07) is 7.64. The first-order chi connectivity index (χ1) is 11.0. The van der Waals surface area contributed by atoms with Gasteiger partial charge in [0.15, 0.2) is 10.9 Å². The van der Waals surface area contributed by atoms with E-state index in [-0.39, 0.29) is 17.1 Å². The third kappa shape index (κ3) is 3.09. The Labute approximate surface area is 142 Å². The molecule has 0 fully saturated rings. The Hall–Kier alpha value is -1.92. The van der Waals surface area contributed by atoms with Crippen molar-refractivity contribution in [3.63, 3.8) is 0 Å². The molecule has 2 aromatic heterocycles. The third-order valence-corrected chi connectivity index (χ3v) is 5.58. The number of fused-ring (bicyclic) bond motifs is 1. The van der Waals surface area contributed by atoms with Crippen LogP contribution in [0, 0.1) is 13.8 Å². The zero-order chi connectivity index (χ0) is 16.6. The number of carbonyl (C=O) groups excluding carboxylic acids is 1. The first kappa shape index (κ1) is 16.0. The standard InChI is InChI=1S/C17H16N2O2S2/c1-10-4-5-12(11(2)8-10)14(20)9-23-17-18-13-6-7-22-15(13)16(21)19(17)3/h4-8H,9H2,1-3H3. The number of aromatic nitrogens is 2. The minimum Gasteiger partial charge on any atom is -0.293 e. The lowest BCUT2D eigenvalue weighted by molar-refractivity contribution is 0.102. The minimum atomic E-state index is -0.0635. The molecule has 0 aliphatic rings. The Bertz CT molecular complexity index is 957. The van der Waals surface area contributed by atoms with Crippen molar-refractivity contribution in [3.05, 3.63) is 56.7 Å². The molecule has 0 unspecified atom stereocenters. The van der Waals surface area contributed by atoms with Crippen molar-refractivity contribution in [2.45, 2.75) is 19.0 Å².